The zero-order valence-electron chi connectivity index (χ0n) is 10.2. The minimum Gasteiger partial charge on any atom is -0.439 e. The first-order valence-electron chi connectivity index (χ1n) is 5.48. The quantitative estimate of drug-likeness (QED) is 0.385. The minimum atomic E-state index is -0.345. The molecule has 0 saturated heterocycles. The lowest BCUT2D eigenvalue weighted by Crippen LogP contribution is -2.13. The van der Waals surface area contributed by atoms with Gasteiger partial charge in [0.05, 0.1) is 0 Å². The van der Waals surface area contributed by atoms with Crippen molar-refractivity contribution in [1.82, 2.24) is 4.98 Å². The summed E-state index contributed by atoms with van der Waals surface area (Å²) < 4.78 is 18.3. The lowest BCUT2D eigenvalue weighted by Gasteiger charge is -2.07. The highest BCUT2D eigenvalue weighted by Crippen LogP contribution is 2.21. The summed E-state index contributed by atoms with van der Waals surface area (Å²) in [6, 6.07) is 8.74. The van der Waals surface area contributed by atoms with Crippen LogP contribution in [-0.2, 0) is 0 Å². The van der Waals surface area contributed by atoms with Crippen LogP contribution in [0.1, 0.15) is 11.3 Å². The van der Waals surface area contributed by atoms with Gasteiger partial charge in [0.2, 0.25) is 5.88 Å². The van der Waals surface area contributed by atoms with Crippen molar-refractivity contribution in [1.29, 1.82) is 0 Å². The molecular weight excluding hydrogens is 249 g/mol. The number of pyridine rings is 1. The largest absolute Gasteiger partial charge is 0.439 e. The van der Waals surface area contributed by atoms with Gasteiger partial charge >= 0.3 is 0 Å². The van der Waals surface area contributed by atoms with Crippen molar-refractivity contribution in [2.24, 2.45) is 10.9 Å². The van der Waals surface area contributed by atoms with Crippen LogP contribution >= 0.6 is 0 Å². The van der Waals surface area contributed by atoms with Crippen LogP contribution in [0.15, 0.2) is 41.6 Å². The van der Waals surface area contributed by atoms with Crippen LogP contribution in [0.4, 0.5) is 4.39 Å². The van der Waals surface area contributed by atoms with Gasteiger partial charge in [-0.25, -0.2) is 9.37 Å². The number of hydrogen-bond donors (Lipinski definition) is 2. The summed E-state index contributed by atoms with van der Waals surface area (Å²) in [6.07, 6.45) is 0. The van der Waals surface area contributed by atoms with E-state index in [0.717, 1.165) is 0 Å². The SMILES string of the molecule is Cc1cc(/C(N)=N/O)cc(Oc2ccc(F)cc2)n1. The number of amidine groups is 1. The van der Waals surface area contributed by atoms with Gasteiger partial charge in [-0.3, -0.25) is 0 Å². The van der Waals surface area contributed by atoms with E-state index in [1.54, 1.807) is 13.0 Å². The van der Waals surface area contributed by atoms with E-state index in [2.05, 4.69) is 10.1 Å². The van der Waals surface area contributed by atoms with Gasteiger partial charge in [-0.2, -0.15) is 0 Å². The highest BCUT2D eigenvalue weighted by Gasteiger charge is 2.06. The maximum absolute atomic E-state index is 12.8. The number of benzene rings is 1. The highest BCUT2D eigenvalue weighted by atomic mass is 19.1. The predicted molar refractivity (Wildman–Crippen MR) is 68.0 cm³/mol. The Hall–Kier alpha value is -2.63. The van der Waals surface area contributed by atoms with Crippen LogP contribution in [-0.4, -0.2) is 16.0 Å². The van der Waals surface area contributed by atoms with Crippen molar-refractivity contribution in [2.75, 3.05) is 0 Å². The molecule has 0 amide bonds. The molecule has 2 aromatic rings. The third-order valence-corrected chi connectivity index (χ3v) is 2.37. The number of ether oxygens (including phenoxy) is 1. The van der Waals surface area contributed by atoms with Crippen molar-refractivity contribution in [3.05, 3.63) is 53.5 Å². The van der Waals surface area contributed by atoms with Gasteiger partial charge in [-0.05, 0) is 37.3 Å². The van der Waals surface area contributed by atoms with E-state index < -0.39 is 0 Å². The fraction of sp³-hybridized carbons (Fsp3) is 0.0769. The standard InChI is InChI=1S/C13H12FN3O2/c1-8-6-9(13(15)17-18)7-12(16-8)19-11-4-2-10(14)3-5-11/h2-7,18H,1H3,(H2,15,17). The van der Waals surface area contributed by atoms with Crippen molar-refractivity contribution in [3.63, 3.8) is 0 Å². The molecule has 3 N–H and O–H groups in total. The van der Waals surface area contributed by atoms with E-state index >= 15 is 0 Å². The number of nitrogens with two attached hydrogens (primary N) is 1. The first kappa shape index (κ1) is 12.8. The second kappa shape index (κ2) is 5.34. The summed E-state index contributed by atoms with van der Waals surface area (Å²) in [7, 11) is 0. The molecular formula is C13H12FN3O2. The average Bonchev–Trinajstić information content (AvgIpc) is 2.40. The Morgan fingerprint density at radius 1 is 1.32 bits per heavy atom. The van der Waals surface area contributed by atoms with Crippen LogP contribution < -0.4 is 10.5 Å². The van der Waals surface area contributed by atoms with E-state index in [1.807, 2.05) is 0 Å². The summed E-state index contributed by atoms with van der Waals surface area (Å²) in [4.78, 5) is 4.16. The number of oxime groups is 1. The summed E-state index contributed by atoms with van der Waals surface area (Å²) in [5.41, 5.74) is 6.66. The number of halogens is 1. The monoisotopic (exact) mass is 261 g/mol. The first-order chi connectivity index (χ1) is 9.08. The Bertz CT molecular complexity index is 612. The van der Waals surface area contributed by atoms with Gasteiger partial charge in [-0.15, -0.1) is 0 Å². The van der Waals surface area contributed by atoms with Crippen molar-refractivity contribution >= 4 is 5.84 Å². The first-order valence-corrected chi connectivity index (χ1v) is 5.48. The molecule has 5 nitrogen and oxygen atoms in total. The van der Waals surface area contributed by atoms with E-state index in [4.69, 9.17) is 15.7 Å². The Balaban J connectivity index is 2.30. The third kappa shape index (κ3) is 3.19. The normalized spacial score (nSPS) is 11.4. The Morgan fingerprint density at radius 2 is 2.00 bits per heavy atom. The molecule has 0 radical (unpaired) electrons. The van der Waals surface area contributed by atoms with Gasteiger partial charge in [0.1, 0.15) is 11.6 Å². The molecule has 19 heavy (non-hydrogen) atoms. The predicted octanol–water partition coefficient (Wildman–Crippen LogP) is 2.42. The summed E-state index contributed by atoms with van der Waals surface area (Å²) in [5.74, 6) is 0.356. The van der Waals surface area contributed by atoms with Gasteiger partial charge in [0.15, 0.2) is 5.84 Å². The van der Waals surface area contributed by atoms with Crippen LogP contribution in [0, 0.1) is 12.7 Å². The number of rotatable bonds is 3. The molecule has 0 aliphatic heterocycles. The molecule has 0 unspecified atom stereocenters. The molecule has 0 fully saturated rings. The van der Waals surface area contributed by atoms with Crippen LogP contribution in [0.3, 0.4) is 0 Å². The van der Waals surface area contributed by atoms with Crippen molar-refractivity contribution < 1.29 is 14.3 Å². The van der Waals surface area contributed by atoms with E-state index in [1.165, 1.54) is 30.3 Å². The maximum atomic E-state index is 12.8. The van der Waals surface area contributed by atoms with Crippen LogP contribution in [0.25, 0.3) is 0 Å². The molecule has 0 atom stereocenters. The summed E-state index contributed by atoms with van der Waals surface area (Å²) in [6.45, 7) is 1.76. The molecule has 6 heteroatoms. The van der Waals surface area contributed by atoms with E-state index in [-0.39, 0.29) is 17.5 Å². The van der Waals surface area contributed by atoms with E-state index in [9.17, 15) is 4.39 Å². The summed E-state index contributed by atoms with van der Waals surface area (Å²) in [5, 5.41) is 11.6. The molecule has 1 aromatic carbocycles. The second-order valence-corrected chi connectivity index (χ2v) is 3.88. The Morgan fingerprint density at radius 3 is 2.63 bits per heavy atom. The van der Waals surface area contributed by atoms with Crippen molar-refractivity contribution in [2.45, 2.75) is 6.92 Å². The van der Waals surface area contributed by atoms with Crippen LogP contribution in [0.5, 0.6) is 11.6 Å². The molecule has 1 aromatic heterocycles. The summed E-state index contributed by atoms with van der Waals surface area (Å²) >= 11 is 0. The van der Waals surface area contributed by atoms with Crippen LogP contribution in [0.2, 0.25) is 0 Å². The maximum Gasteiger partial charge on any atom is 0.220 e. The molecule has 98 valence electrons. The Labute approximate surface area is 109 Å². The number of hydrogen-bond acceptors (Lipinski definition) is 4. The molecule has 0 bridgehead atoms. The minimum absolute atomic E-state index is 0.0329. The fourth-order valence-electron chi connectivity index (χ4n) is 1.52. The molecule has 1 heterocycles. The average molecular weight is 261 g/mol. The highest BCUT2D eigenvalue weighted by molar-refractivity contribution is 5.97. The lowest BCUT2D eigenvalue weighted by molar-refractivity contribution is 0.318. The molecule has 2 rings (SSSR count). The second-order valence-electron chi connectivity index (χ2n) is 3.88. The van der Waals surface area contributed by atoms with Gasteiger partial charge in [0, 0.05) is 17.3 Å². The number of nitrogens with zero attached hydrogens (tertiary/aromatic N) is 2. The molecule has 0 saturated carbocycles. The molecule has 0 aliphatic carbocycles. The number of aromatic nitrogens is 1. The topological polar surface area (TPSA) is 80.7 Å². The fourth-order valence-corrected chi connectivity index (χ4v) is 1.52. The molecule has 0 spiro atoms. The van der Waals surface area contributed by atoms with Gasteiger partial charge in [0.25, 0.3) is 0 Å². The van der Waals surface area contributed by atoms with Gasteiger partial charge in [-0.1, -0.05) is 5.16 Å². The molecule has 0 aliphatic rings. The lowest BCUT2D eigenvalue weighted by atomic mass is 10.2. The van der Waals surface area contributed by atoms with E-state index in [0.29, 0.717) is 17.0 Å². The van der Waals surface area contributed by atoms with Gasteiger partial charge < -0.3 is 15.7 Å². The zero-order valence-corrected chi connectivity index (χ0v) is 10.2. The van der Waals surface area contributed by atoms with Crippen molar-refractivity contribution in [3.8, 4) is 11.6 Å². The smallest absolute Gasteiger partial charge is 0.220 e. The Kier molecular flexibility index (Phi) is 3.61. The zero-order chi connectivity index (χ0) is 13.8. The number of aryl methyl sites for hydroxylation is 1. The third-order valence-electron chi connectivity index (χ3n) is 2.37.